The molecule has 0 fully saturated rings. The van der Waals surface area contributed by atoms with Gasteiger partial charge in [0.15, 0.2) is 0 Å². The van der Waals surface area contributed by atoms with Gasteiger partial charge >= 0.3 is 5.69 Å². The summed E-state index contributed by atoms with van der Waals surface area (Å²) in [4.78, 5) is 18.0. The number of fused-ring (bicyclic) bond motifs is 1. The molecule has 3 rings (SSSR count). The Morgan fingerprint density at radius 3 is 3.00 bits per heavy atom. The molecule has 0 radical (unpaired) electrons. The molecule has 3 aromatic rings. The summed E-state index contributed by atoms with van der Waals surface area (Å²) in [5, 5.41) is 5.38. The molecule has 0 aliphatic carbocycles. The lowest BCUT2D eigenvalue weighted by Crippen LogP contribution is -2.20. The quantitative estimate of drug-likeness (QED) is 0.609. The number of nitrogens with one attached hydrogen (secondary N) is 3. The zero-order chi connectivity index (χ0) is 13.8. The van der Waals surface area contributed by atoms with Crippen molar-refractivity contribution in [2.75, 3.05) is 13.2 Å². The van der Waals surface area contributed by atoms with E-state index in [1.54, 1.807) is 11.3 Å². The highest BCUT2D eigenvalue weighted by Gasteiger charge is 2.04. The Kier molecular flexibility index (Phi) is 3.85. The van der Waals surface area contributed by atoms with Crippen molar-refractivity contribution in [2.45, 2.75) is 6.54 Å². The zero-order valence-electron chi connectivity index (χ0n) is 10.8. The number of aromatic amines is 2. The molecule has 0 bridgehead atoms. The second kappa shape index (κ2) is 5.94. The van der Waals surface area contributed by atoms with Gasteiger partial charge in [0.05, 0.1) is 5.52 Å². The fraction of sp³-hybridized carbons (Fsp3) is 0.214. The molecule has 0 saturated carbocycles. The molecule has 20 heavy (non-hydrogen) atoms. The Bertz CT molecular complexity index is 730. The molecule has 0 aliphatic rings. The zero-order valence-corrected chi connectivity index (χ0v) is 11.6. The van der Waals surface area contributed by atoms with Crippen LogP contribution < -0.4 is 15.7 Å². The van der Waals surface area contributed by atoms with Gasteiger partial charge in [-0.2, -0.15) is 0 Å². The first kappa shape index (κ1) is 13.0. The number of rotatable bonds is 6. The van der Waals surface area contributed by atoms with Crippen molar-refractivity contribution in [2.24, 2.45) is 0 Å². The van der Waals surface area contributed by atoms with Crippen LogP contribution in [0.2, 0.25) is 0 Å². The summed E-state index contributed by atoms with van der Waals surface area (Å²) in [5.41, 5.74) is 1.27. The predicted molar refractivity (Wildman–Crippen MR) is 80.4 cm³/mol. The Morgan fingerprint density at radius 2 is 2.15 bits per heavy atom. The molecule has 5 nitrogen and oxygen atoms in total. The Morgan fingerprint density at radius 1 is 1.20 bits per heavy atom. The topological polar surface area (TPSA) is 69.9 Å². The largest absolute Gasteiger partial charge is 0.490 e. The lowest BCUT2D eigenvalue weighted by molar-refractivity contribution is 0.317. The van der Waals surface area contributed by atoms with E-state index in [1.807, 2.05) is 24.3 Å². The molecule has 0 unspecified atom stereocenters. The van der Waals surface area contributed by atoms with Gasteiger partial charge in [-0.15, -0.1) is 11.3 Å². The molecule has 2 heterocycles. The number of benzene rings is 1. The third-order valence-electron chi connectivity index (χ3n) is 2.93. The summed E-state index contributed by atoms with van der Waals surface area (Å²) in [5.74, 6) is 0.693. The van der Waals surface area contributed by atoms with Crippen LogP contribution in [0.1, 0.15) is 4.88 Å². The van der Waals surface area contributed by atoms with Gasteiger partial charge in [0, 0.05) is 18.0 Å². The number of aromatic nitrogens is 2. The molecule has 0 saturated heterocycles. The molecule has 1 aromatic carbocycles. The summed E-state index contributed by atoms with van der Waals surface area (Å²) in [6.07, 6.45) is 0. The Balaban J connectivity index is 1.53. The normalized spacial score (nSPS) is 11.0. The highest BCUT2D eigenvalue weighted by Crippen LogP contribution is 2.20. The van der Waals surface area contributed by atoms with E-state index in [0.29, 0.717) is 12.4 Å². The van der Waals surface area contributed by atoms with Gasteiger partial charge in [0.25, 0.3) is 0 Å². The van der Waals surface area contributed by atoms with Crippen LogP contribution in [-0.4, -0.2) is 23.1 Å². The maximum Gasteiger partial charge on any atom is 0.323 e. The average Bonchev–Trinajstić information content (AvgIpc) is 3.06. The number of hydrogen-bond donors (Lipinski definition) is 3. The molecule has 0 atom stereocenters. The lowest BCUT2D eigenvalue weighted by Gasteiger charge is -2.07. The Labute approximate surface area is 119 Å². The highest BCUT2D eigenvalue weighted by molar-refractivity contribution is 7.09. The van der Waals surface area contributed by atoms with E-state index < -0.39 is 0 Å². The fourth-order valence-corrected chi connectivity index (χ4v) is 2.68. The summed E-state index contributed by atoms with van der Waals surface area (Å²) in [7, 11) is 0. The maximum atomic E-state index is 11.3. The van der Waals surface area contributed by atoms with Gasteiger partial charge in [-0.1, -0.05) is 12.1 Å². The van der Waals surface area contributed by atoms with Crippen LogP contribution in [0.3, 0.4) is 0 Å². The van der Waals surface area contributed by atoms with Gasteiger partial charge in [-0.05, 0) is 23.6 Å². The van der Waals surface area contributed by atoms with Crippen LogP contribution >= 0.6 is 11.3 Å². The van der Waals surface area contributed by atoms with E-state index in [2.05, 4.69) is 26.7 Å². The van der Waals surface area contributed by atoms with Crippen LogP contribution in [0.15, 0.2) is 40.5 Å². The minimum Gasteiger partial charge on any atom is -0.490 e. The predicted octanol–water partition coefficient (Wildman–Crippen LogP) is 2.09. The van der Waals surface area contributed by atoms with E-state index >= 15 is 0 Å². The number of H-pyrrole nitrogens is 2. The van der Waals surface area contributed by atoms with Crippen molar-refractivity contribution in [3.63, 3.8) is 0 Å². The molecular weight excluding hydrogens is 274 g/mol. The molecule has 3 N–H and O–H groups in total. The maximum absolute atomic E-state index is 11.3. The Hall–Kier alpha value is -2.05. The van der Waals surface area contributed by atoms with E-state index in [4.69, 9.17) is 4.74 Å². The van der Waals surface area contributed by atoms with Gasteiger partial charge < -0.3 is 20.0 Å². The standard InChI is InChI=1S/C14H15N3O2S/c18-14-16-11-4-1-5-12(13(11)17-14)19-7-6-15-9-10-3-2-8-20-10/h1-5,8,15H,6-7,9H2,(H2,16,17,18). The minimum absolute atomic E-state index is 0.216. The van der Waals surface area contributed by atoms with Crippen LogP contribution in [0.25, 0.3) is 11.0 Å². The van der Waals surface area contributed by atoms with Gasteiger partial charge in [-0.3, -0.25) is 0 Å². The van der Waals surface area contributed by atoms with E-state index in [1.165, 1.54) is 4.88 Å². The average molecular weight is 289 g/mol. The molecule has 0 aliphatic heterocycles. The van der Waals surface area contributed by atoms with Crippen LogP contribution in [-0.2, 0) is 6.54 Å². The van der Waals surface area contributed by atoms with Crippen molar-refractivity contribution >= 4 is 22.4 Å². The van der Waals surface area contributed by atoms with Crippen molar-refractivity contribution < 1.29 is 4.74 Å². The fourth-order valence-electron chi connectivity index (χ4n) is 2.01. The number of imidazole rings is 1. The minimum atomic E-state index is -0.216. The first-order valence-corrected chi connectivity index (χ1v) is 7.28. The van der Waals surface area contributed by atoms with E-state index in [0.717, 1.165) is 24.1 Å². The van der Waals surface area contributed by atoms with Crippen LogP contribution in [0, 0.1) is 0 Å². The van der Waals surface area contributed by atoms with Gasteiger partial charge in [0.2, 0.25) is 0 Å². The molecule has 6 heteroatoms. The lowest BCUT2D eigenvalue weighted by atomic mass is 10.3. The summed E-state index contributed by atoms with van der Waals surface area (Å²) >= 11 is 1.73. The molecule has 104 valence electrons. The second-order valence-corrected chi connectivity index (χ2v) is 5.39. The third kappa shape index (κ3) is 2.92. The summed E-state index contributed by atoms with van der Waals surface area (Å²) in [6, 6.07) is 9.70. The molecule has 0 amide bonds. The smallest absolute Gasteiger partial charge is 0.323 e. The van der Waals surface area contributed by atoms with Crippen molar-refractivity contribution in [3.05, 3.63) is 51.1 Å². The number of ether oxygens (including phenoxy) is 1. The molecular formula is C14H15N3O2S. The van der Waals surface area contributed by atoms with E-state index in [9.17, 15) is 4.79 Å². The first-order chi connectivity index (χ1) is 9.83. The van der Waals surface area contributed by atoms with E-state index in [-0.39, 0.29) is 5.69 Å². The van der Waals surface area contributed by atoms with Crippen molar-refractivity contribution in [1.82, 2.24) is 15.3 Å². The second-order valence-electron chi connectivity index (χ2n) is 4.36. The molecule has 0 spiro atoms. The number of thiophene rings is 1. The molecule has 2 aromatic heterocycles. The monoisotopic (exact) mass is 289 g/mol. The SMILES string of the molecule is O=c1[nH]c2cccc(OCCNCc3cccs3)c2[nH]1. The van der Waals surface area contributed by atoms with Crippen molar-refractivity contribution in [1.29, 1.82) is 0 Å². The number of hydrogen-bond acceptors (Lipinski definition) is 4. The van der Waals surface area contributed by atoms with Crippen LogP contribution in [0.5, 0.6) is 5.75 Å². The summed E-state index contributed by atoms with van der Waals surface area (Å²) < 4.78 is 5.70. The van der Waals surface area contributed by atoms with Crippen LogP contribution in [0.4, 0.5) is 0 Å². The summed E-state index contributed by atoms with van der Waals surface area (Å²) in [6.45, 7) is 2.16. The number of para-hydroxylation sites is 1. The van der Waals surface area contributed by atoms with Crippen molar-refractivity contribution in [3.8, 4) is 5.75 Å². The third-order valence-corrected chi connectivity index (χ3v) is 3.81. The van der Waals surface area contributed by atoms with Gasteiger partial charge in [-0.25, -0.2) is 4.79 Å². The highest BCUT2D eigenvalue weighted by atomic mass is 32.1. The van der Waals surface area contributed by atoms with Gasteiger partial charge in [0.1, 0.15) is 17.9 Å². The first-order valence-electron chi connectivity index (χ1n) is 6.40.